The highest BCUT2D eigenvalue weighted by Crippen LogP contribution is 2.26. The largest absolute Gasteiger partial charge is 0.481 e. The molecule has 1 fully saturated rings. The predicted molar refractivity (Wildman–Crippen MR) is 99.8 cm³/mol. The van der Waals surface area contributed by atoms with Crippen LogP contribution < -0.4 is 0 Å². The lowest BCUT2D eigenvalue weighted by Gasteiger charge is -2.18. The van der Waals surface area contributed by atoms with E-state index >= 15 is 0 Å². The molecule has 0 aromatic carbocycles. The van der Waals surface area contributed by atoms with E-state index in [-0.39, 0.29) is 12.5 Å². The third kappa shape index (κ3) is 9.48. The standard InChI is InChI=1S/C20H34O6/c1-2-3-6-10-16(22)19-14-17(23)18(26-19)13-12-15(21)9-7-4-5-8-11-20(24)25/h4,7,12-13,15-19,21-23H,2-3,5-6,8-11,14H2,1H3,(H,24,25)/b7-4-,13-12+/t15-,16-,17-,18+,19-/m1/s1. The van der Waals surface area contributed by atoms with Crippen LogP contribution in [0.5, 0.6) is 0 Å². The zero-order chi connectivity index (χ0) is 19.4. The Kier molecular flexibility index (Phi) is 11.4. The van der Waals surface area contributed by atoms with Gasteiger partial charge in [-0.1, -0.05) is 50.5 Å². The molecule has 0 saturated carbocycles. The number of carboxylic acids is 1. The zero-order valence-electron chi connectivity index (χ0n) is 15.7. The first-order valence-electron chi connectivity index (χ1n) is 9.68. The number of aliphatic hydroxyl groups is 3. The van der Waals surface area contributed by atoms with Crippen molar-refractivity contribution in [1.82, 2.24) is 0 Å². The van der Waals surface area contributed by atoms with Crippen LogP contribution in [-0.4, -0.2) is 56.9 Å². The van der Waals surface area contributed by atoms with Gasteiger partial charge in [-0.25, -0.2) is 0 Å². The first kappa shape index (κ1) is 22.8. The molecule has 0 spiro atoms. The van der Waals surface area contributed by atoms with Gasteiger partial charge in [-0.05, 0) is 25.7 Å². The summed E-state index contributed by atoms with van der Waals surface area (Å²) in [6.45, 7) is 2.11. The van der Waals surface area contributed by atoms with E-state index in [1.807, 2.05) is 12.2 Å². The van der Waals surface area contributed by atoms with Gasteiger partial charge in [0.05, 0.1) is 24.4 Å². The molecule has 1 aliphatic heterocycles. The molecule has 6 nitrogen and oxygen atoms in total. The molecule has 26 heavy (non-hydrogen) atoms. The average molecular weight is 370 g/mol. The summed E-state index contributed by atoms with van der Waals surface area (Å²) in [5, 5.41) is 38.7. The second-order valence-corrected chi connectivity index (χ2v) is 6.95. The van der Waals surface area contributed by atoms with Crippen molar-refractivity contribution in [2.45, 2.75) is 95.2 Å². The van der Waals surface area contributed by atoms with Crippen LogP contribution in [0.2, 0.25) is 0 Å². The molecule has 4 N–H and O–H groups in total. The summed E-state index contributed by atoms with van der Waals surface area (Å²) < 4.78 is 5.73. The van der Waals surface area contributed by atoms with Crippen molar-refractivity contribution in [3.05, 3.63) is 24.3 Å². The van der Waals surface area contributed by atoms with Crippen LogP contribution in [0.1, 0.15) is 64.7 Å². The topological polar surface area (TPSA) is 107 Å². The summed E-state index contributed by atoms with van der Waals surface area (Å²) in [7, 11) is 0. The Morgan fingerprint density at radius 3 is 2.69 bits per heavy atom. The maximum atomic E-state index is 10.4. The molecule has 0 radical (unpaired) electrons. The van der Waals surface area contributed by atoms with Gasteiger partial charge in [0.15, 0.2) is 0 Å². The van der Waals surface area contributed by atoms with Crippen molar-refractivity contribution in [2.75, 3.05) is 0 Å². The predicted octanol–water partition coefficient (Wildman–Crippen LogP) is 2.56. The Bertz CT molecular complexity index is 448. The zero-order valence-corrected chi connectivity index (χ0v) is 15.7. The minimum Gasteiger partial charge on any atom is -0.481 e. The van der Waals surface area contributed by atoms with E-state index in [0.717, 1.165) is 19.3 Å². The molecule has 0 aromatic rings. The average Bonchev–Trinajstić information content (AvgIpc) is 2.97. The number of hydrogen-bond acceptors (Lipinski definition) is 5. The van der Waals surface area contributed by atoms with E-state index in [2.05, 4.69) is 6.92 Å². The maximum absolute atomic E-state index is 10.4. The van der Waals surface area contributed by atoms with Crippen LogP contribution in [0.4, 0.5) is 0 Å². The summed E-state index contributed by atoms with van der Waals surface area (Å²) >= 11 is 0. The number of unbranched alkanes of at least 4 members (excludes halogenated alkanes) is 3. The SMILES string of the molecule is CCCCC[C@@H](O)[C@H]1C[C@@H](O)[C@H](/C=C/[C@H](O)C/C=C\CCCC(=O)O)O1. The van der Waals surface area contributed by atoms with Gasteiger partial charge in [0.25, 0.3) is 0 Å². The lowest BCUT2D eigenvalue weighted by Crippen LogP contribution is -2.26. The minimum absolute atomic E-state index is 0.148. The molecule has 0 bridgehead atoms. The lowest BCUT2D eigenvalue weighted by molar-refractivity contribution is -0.137. The molecular weight excluding hydrogens is 336 g/mol. The van der Waals surface area contributed by atoms with Gasteiger partial charge in [-0.2, -0.15) is 0 Å². The Hall–Kier alpha value is -1.21. The van der Waals surface area contributed by atoms with E-state index in [4.69, 9.17) is 9.84 Å². The second kappa shape index (κ2) is 13.0. The number of rotatable bonds is 13. The minimum atomic E-state index is -0.801. The molecular formula is C20H34O6. The van der Waals surface area contributed by atoms with Gasteiger partial charge in [-0.3, -0.25) is 4.79 Å². The van der Waals surface area contributed by atoms with Gasteiger partial charge < -0.3 is 25.2 Å². The molecule has 1 aliphatic rings. The maximum Gasteiger partial charge on any atom is 0.303 e. The van der Waals surface area contributed by atoms with Gasteiger partial charge in [-0.15, -0.1) is 0 Å². The molecule has 5 atom stereocenters. The van der Waals surface area contributed by atoms with Crippen molar-refractivity contribution in [2.24, 2.45) is 0 Å². The molecule has 1 saturated heterocycles. The van der Waals surface area contributed by atoms with E-state index in [0.29, 0.717) is 32.1 Å². The third-order valence-corrected chi connectivity index (χ3v) is 4.55. The highest BCUT2D eigenvalue weighted by atomic mass is 16.5. The summed E-state index contributed by atoms with van der Waals surface area (Å²) in [6, 6.07) is 0. The number of ether oxygens (including phenoxy) is 1. The second-order valence-electron chi connectivity index (χ2n) is 6.95. The van der Waals surface area contributed by atoms with Crippen molar-refractivity contribution in [1.29, 1.82) is 0 Å². The number of allylic oxidation sites excluding steroid dienone is 1. The van der Waals surface area contributed by atoms with Crippen LogP contribution in [0.15, 0.2) is 24.3 Å². The molecule has 1 heterocycles. The van der Waals surface area contributed by atoms with Crippen molar-refractivity contribution < 1.29 is 30.0 Å². The summed E-state index contributed by atoms with van der Waals surface area (Å²) in [5.41, 5.74) is 0. The van der Waals surface area contributed by atoms with Crippen LogP contribution in [-0.2, 0) is 9.53 Å². The molecule has 0 aromatic heterocycles. The highest BCUT2D eigenvalue weighted by molar-refractivity contribution is 5.66. The smallest absolute Gasteiger partial charge is 0.303 e. The molecule has 0 unspecified atom stereocenters. The molecule has 0 amide bonds. The van der Waals surface area contributed by atoms with Crippen LogP contribution in [0, 0.1) is 0 Å². The van der Waals surface area contributed by atoms with E-state index in [9.17, 15) is 20.1 Å². The van der Waals surface area contributed by atoms with Crippen molar-refractivity contribution >= 4 is 5.97 Å². The molecule has 1 rings (SSSR count). The lowest BCUT2D eigenvalue weighted by atomic mass is 10.0. The van der Waals surface area contributed by atoms with Gasteiger partial charge in [0.2, 0.25) is 0 Å². The fraction of sp³-hybridized carbons (Fsp3) is 0.750. The molecule has 6 heteroatoms. The number of aliphatic carboxylic acids is 1. The van der Waals surface area contributed by atoms with Crippen LogP contribution >= 0.6 is 0 Å². The first-order valence-corrected chi connectivity index (χ1v) is 9.68. The summed E-state index contributed by atoms with van der Waals surface area (Å²) in [6.07, 6.45) is 10.2. The van der Waals surface area contributed by atoms with Crippen molar-refractivity contribution in [3.63, 3.8) is 0 Å². The third-order valence-electron chi connectivity index (χ3n) is 4.55. The number of aliphatic hydroxyl groups excluding tert-OH is 3. The number of hydrogen-bond donors (Lipinski definition) is 4. The van der Waals surface area contributed by atoms with Crippen LogP contribution in [0.25, 0.3) is 0 Å². The number of carbonyl (C=O) groups is 1. The Morgan fingerprint density at radius 1 is 1.23 bits per heavy atom. The Morgan fingerprint density at radius 2 is 2.00 bits per heavy atom. The monoisotopic (exact) mass is 370 g/mol. The van der Waals surface area contributed by atoms with E-state index < -0.39 is 30.4 Å². The Labute approximate surface area is 156 Å². The summed E-state index contributed by atoms with van der Waals surface area (Å²) in [5.74, 6) is -0.801. The number of carboxylic acid groups (broad SMARTS) is 1. The molecule has 150 valence electrons. The van der Waals surface area contributed by atoms with Crippen molar-refractivity contribution in [3.8, 4) is 0 Å². The quantitative estimate of drug-likeness (QED) is 0.293. The van der Waals surface area contributed by atoms with E-state index in [1.165, 1.54) is 0 Å². The Balaban J connectivity index is 2.29. The molecule has 0 aliphatic carbocycles. The fourth-order valence-corrected chi connectivity index (χ4v) is 2.97. The summed E-state index contributed by atoms with van der Waals surface area (Å²) in [4.78, 5) is 10.4. The first-order chi connectivity index (χ1) is 12.4. The normalized spacial score (nSPS) is 25.9. The fourth-order valence-electron chi connectivity index (χ4n) is 2.97. The van der Waals surface area contributed by atoms with E-state index in [1.54, 1.807) is 12.2 Å². The van der Waals surface area contributed by atoms with Gasteiger partial charge in [0.1, 0.15) is 6.10 Å². The van der Waals surface area contributed by atoms with Gasteiger partial charge in [0, 0.05) is 12.8 Å². The van der Waals surface area contributed by atoms with Gasteiger partial charge >= 0.3 is 5.97 Å². The van der Waals surface area contributed by atoms with Crippen LogP contribution in [0.3, 0.4) is 0 Å². The highest BCUT2D eigenvalue weighted by Gasteiger charge is 2.36.